The van der Waals surface area contributed by atoms with Crippen molar-refractivity contribution >= 4 is 11.8 Å². The predicted octanol–water partition coefficient (Wildman–Crippen LogP) is 2.21. The van der Waals surface area contributed by atoms with E-state index in [-0.39, 0.29) is 18.4 Å². The molecule has 2 amide bonds. The van der Waals surface area contributed by atoms with Gasteiger partial charge in [0.1, 0.15) is 12.4 Å². The summed E-state index contributed by atoms with van der Waals surface area (Å²) in [7, 11) is 0. The van der Waals surface area contributed by atoms with E-state index < -0.39 is 6.10 Å². The van der Waals surface area contributed by atoms with Crippen LogP contribution in [0.15, 0.2) is 53.5 Å². The van der Waals surface area contributed by atoms with Crippen LogP contribution in [-0.4, -0.2) is 75.5 Å². The first-order chi connectivity index (χ1) is 19.5. The molecular formula is C30H35N5O5. The molecule has 3 aliphatic rings. The lowest BCUT2D eigenvalue weighted by Crippen LogP contribution is -2.51. The number of nitrogens with one attached hydrogen (secondary N) is 1. The Morgan fingerprint density at radius 2 is 2.05 bits per heavy atom. The molecule has 1 atom stereocenters. The highest BCUT2D eigenvalue weighted by Crippen LogP contribution is 2.34. The average Bonchev–Trinajstić information content (AvgIpc) is 3.67. The standard InChI is InChI=1S/C30H35N5O5/c36-26(17-34-8-6-22-11-27(4-3-24(22)16-34)39-18-28-13-31-19-40-28)12-33-29(37)23-5-7-32-25(10-23)9-20-14-35(15-20)30(38)21-1-2-21/h3-5,7,10-11,13,19-21,26,36H,1-2,6,8-9,12,14-18H2,(H,33,37)/t26-/m0/s1. The largest absolute Gasteiger partial charge is 0.486 e. The summed E-state index contributed by atoms with van der Waals surface area (Å²) in [6, 6.07) is 9.60. The predicted molar refractivity (Wildman–Crippen MR) is 145 cm³/mol. The molecule has 1 saturated carbocycles. The number of ether oxygens (including phenoxy) is 1. The van der Waals surface area contributed by atoms with Crippen LogP contribution in [-0.2, 0) is 30.8 Å². The second kappa shape index (κ2) is 11.8. The van der Waals surface area contributed by atoms with Crippen molar-refractivity contribution in [3.8, 4) is 5.75 Å². The highest BCUT2D eigenvalue weighted by molar-refractivity contribution is 5.94. The smallest absolute Gasteiger partial charge is 0.251 e. The van der Waals surface area contributed by atoms with Crippen LogP contribution in [0.25, 0.3) is 0 Å². The van der Waals surface area contributed by atoms with Crippen molar-refractivity contribution in [2.24, 2.45) is 11.8 Å². The molecule has 2 fully saturated rings. The fraction of sp³-hybridized carbons (Fsp3) is 0.467. The molecule has 4 heterocycles. The molecule has 0 spiro atoms. The summed E-state index contributed by atoms with van der Waals surface area (Å²) in [4.78, 5) is 37.4. The molecule has 2 aliphatic heterocycles. The molecule has 10 heteroatoms. The molecule has 0 bridgehead atoms. The Bertz CT molecular complexity index is 1340. The van der Waals surface area contributed by atoms with Gasteiger partial charge >= 0.3 is 0 Å². The lowest BCUT2D eigenvalue weighted by molar-refractivity contribution is -0.138. The van der Waals surface area contributed by atoms with E-state index in [4.69, 9.17) is 9.15 Å². The van der Waals surface area contributed by atoms with Crippen LogP contribution in [0.3, 0.4) is 0 Å². The SMILES string of the molecule is O=C(NC[C@H](O)CN1CCc2cc(OCc3cnco3)ccc2C1)c1ccnc(CC2CN(C(=O)C3CC3)C2)c1. The number of oxazole rings is 1. The highest BCUT2D eigenvalue weighted by Gasteiger charge is 2.39. The van der Waals surface area contributed by atoms with Crippen LogP contribution in [0.4, 0.5) is 0 Å². The lowest BCUT2D eigenvalue weighted by Gasteiger charge is -2.39. The number of likely N-dealkylation sites (tertiary alicyclic amines) is 1. The van der Waals surface area contributed by atoms with Crippen LogP contribution < -0.4 is 10.1 Å². The van der Waals surface area contributed by atoms with Crippen LogP contribution in [0.2, 0.25) is 0 Å². The Balaban J connectivity index is 0.929. The summed E-state index contributed by atoms with van der Waals surface area (Å²) < 4.78 is 11.0. The Kier molecular flexibility index (Phi) is 7.79. The number of aliphatic hydroxyl groups is 1. The fourth-order valence-electron chi connectivity index (χ4n) is 5.47. The van der Waals surface area contributed by atoms with Gasteiger partial charge in [-0.3, -0.25) is 19.5 Å². The Hall–Kier alpha value is -3.76. The normalized spacial score (nSPS) is 18.1. The van der Waals surface area contributed by atoms with Gasteiger partial charge in [-0.05, 0) is 67.0 Å². The van der Waals surface area contributed by atoms with Gasteiger partial charge in [0, 0.05) is 62.6 Å². The molecular weight excluding hydrogens is 510 g/mol. The third-order valence-corrected chi connectivity index (χ3v) is 7.87. The number of hydrogen-bond acceptors (Lipinski definition) is 8. The van der Waals surface area contributed by atoms with Gasteiger partial charge in [-0.1, -0.05) is 6.07 Å². The number of nitrogens with zero attached hydrogens (tertiary/aromatic N) is 4. The topological polar surface area (TPSA) is 121 Å². The molecule has 1 aromatic carbocycles. The zero-order valence-electron chi connectivity index (χ0n) is 22.5. The number of pyridine rings is 1. The van der Waals surface area contributed by atoms with E-state index in [1.54, 1.807) is 18.5 Å². The van der Waals surface area contributed by atoms with Gasteiger partial charge in [-0.2, -0.15) is 0 Å². The van der Waals surface area contributed by atoms with Gasteiger partial charge < -0.3 is 24.5 Å². The number of carbonyl (C=O) groups excluding carboxylic acids is 2. The minimum absolute atomic E-state index is 0.176. The number of amides is 2. The molecule has 10 nitrogen and oxygen atoms in total. The zero-order chi connectivity index (χ0) is 27.5. The molecule has 40 heavy (non-hydrogen) atoms. The first-order valence-corrected chi connectivity index (χ1v) is 14.0. The maximum absolute atomic E-state index is 12.8. The fourth-order valence-corrected chi connectivity index (χ4v) is 5.47. The third kappa shape index (κ3) is 6.51. The van der Waals surface area contributed by atoms with Gasteiger partial charge in [-0.25, -0.2) is 4.98 Å². The summed E-state index contributed by atoms with van der Waals surface area (Å²) in [5.74, 6) is 2.20. The second-order valence-electron chi connectivity index (χ2n) is 11.2. The lowest BCUT2D eigenvalue weighted by atomic mass is 9.93. The molecule has 3 aromatic rings. The zero-order valence-corrected chi connectivity index (χ0v) is 22.5. The van der Waals surface area contributed by atoms with Gasteiger partial charge in [0.2, 0.25) is 5.91 Å². The van der Waals surface area contributed by atoms with E-state index in [0.29, 0.717) is 36.3 Å². The molecule has 0 radical (unpaired) electrons. The van der Waals surface area contributed by atoms with E-state index in [1.807, 2.05) is 17.0 Å². The summed E-state index contributed by atoms with van der Waals surface area (Å²) >= 11 is 0. The minimum atomic E-state index is -0.679. The summed E-state index contributed by atoms with van der Waals surface area (Å²) in [5, 5.41) is 13.5. The number of aliphatic hydroxyl groups excluding tert-OH is 1. The summed E-state index contributed by atoms with van der Waals surface area (Å²) in [5.41, 5.74) is 3.85. The minimum Gasteiger partial charge on any atom is -0.486 e. The highest BCUT2D eigenvalue weighted by atomic mass is 16.5. The molecule has 2 aromatic heterocycles. The first-order valence-electron chi connectivity index (χ1n) is 14.0. The number of hydrogen-bond donors (Lipinski definition) is 2. The van der Waals surface area contributed by atoms with Gasteiger partial charge in [0.05, 0.1) is 12.3 Å². The molecule has 1 saturated heterocycles. The maximum Gasteiger partial charge on any atom is 0.251 e. The van der Waals surface area contributed by atoms with E-state index in [2.05, 4.69) is 32.3 Å². The van der Waals surface area contributed by atoms with Crippen LogP contribution in [0.1, 0.15) is 45.8 Å². The van der Waals surface area contributed by atoms with Crippen LogP contribution in [0.5, 0.6) is 5.75 Å². The van der Waals surface area contributed by atoms with Gasteiger partial charge in [0.15, 0.2) is 12.2 Å². The van der Waals surface area contributed by atoms with E-state index >= 15 is 0 Å². The monoisotopic (exact) mass is 545 g/mol. The van der Waals surface area contributed by atoms with Crippen molar-refractivity contribution in [3.05, 3.63) is 77.3 Å². The quantitative estimate of drug-likeness (QED) is 0.376. The molecule has 1 aliphatic carbocycles. The van der Waals surface area contributed by atoms with Crippen molar-refractivity contribution in [2.45, 2.75) is 44.9 Å². The molecule has 2 N–H and O–H groups in total. The average molecular weight is 546 g/mol. The van der Waals surface area contributed by atoms with Crippen molar-refractivity contribution in [2.75, 3.05) is 32.7 Å². The van der Waals surface area contributed by atoms with Crippen molar-refractivity contribution < 1.29 is 23.8 Å². The summed E-state index contributed by atoms with van der Waals surface area (Å²) in [6.45, 7) is 4.10. The number of rotatable bonds is 11. The summed E-state index contributed by atoms with van der Waals surface area (Å²) in [6.07, 6.45) is 7.68. The van der Waals surface area contributed by atoms with Crippen LogP contribution in [0, 0.1) is 11.8 Å². The van der Waals surface area contributed by atoms with E-state index in [1.165, 1.54) is 17.5 Å². The van der Waals surface area contributed by atoms with Crippen molar-refractivity contribution in [3.63, 3.8) is 0 Å². The molecule has 6 rings (SSSR count). The van der Waals surface area contributed by atoms with E-state index in [9.17, 15) is 14.7 Å². The van der Waals surface area contributed by atoms with Gasteiger partial charge in [-0.15, -0.1) is 0 Å². The van der Waals surface area contributed by atoms with E-state index in [0.717, 1.165) is 63.3 Å². The first kappa shape index (κ1) is 26.5. The van der Waals surface area contributed by atoms with Crippen molar-refractivity contribution in [1.29, 1.82) is 0 Å². The Morgan fingerprint density at radius 1 is 1.18 bits per heavy atom. The number of aromatic nitrogens is 2. The van der Waals surface area contributed by atoms with Crippen molar-refractivity contribution in [1.82, 2.24) is 25.1 Å². The Morgan fingerprint density at radius 3 is 2.85 bits per heavy atom. The number of benzene rings is 1. The third-order valence-electron chi connectivity index (χ3n) is 7.87. The van der Waals surface area contributed by atoms with Gasteiger partial charge in [0.25, 0.3) is 5.91 Å². The molecule has 0 unspecified atom stereocenters. The number of carbonyl (C=O) groups is 2. The molecule has 210 valence electrons. The number of β-amino-alcohol motifs (C(OH)–C–C–N with tert-alkyl or cyclic N) is 1. The maximum atomic E-state index is 12.8. The van der Waals surface area contributed by atoms with Crippen LogP contribution >= 0.6 is 0 Å². The Labute approximate surface area is 233 Å². The second-order valence-corrected chi connectivity index (χ2v) is 11.2. The number of fused-ring (bicyclic) bond motifs is 1.